The molecule has 6 heteroatoms. The third kappa shape index (κ3) is 5.04. The molecule has 0 bridgehead atoms. The summed E-state index contributed by atoms with van der Waals surface area (Å²) in [5.41, 5.74) is 5.05. The summed E-state index contributed by atoms with van der Waals surface area (Å²) in [6, 6.07) is 10.0. The van der Waals surface area contributed by atoms with Crippen LogP contribution in [0.1, 0.15) is 31.9 Å². The Labute approximate surface area is 168 Å². The normalized spacial score (nSPS) is 11.3. The quantitative estimate of drug-likeness (QED) is 0.546. The van der Waals surface area contributed by atoms with Crippen LogP contribution in [0.25, 0.3) is 11.3 Å². The maximum absolute atomic E-state index is 4.69. The average molecular weight is 426 g/mol. The van der Waals surface area contributed by atoms with Crippen LogP contribution in [-0.4, -0.2) is 20.5 Å². The van der Waals surface area contributed by atoms with Gasteiger partial charge in [0, 0.05) is 39.7 Å². The molecule has 0 aliphatic rings. The minimum Gasteiger partial charge on any atom is -0.350 e. The van der Waals surface area contributed by atoms with E-state index in [2.05, 4.69) is 83.3 Å². The fourth-order valence-corrected chi connectivity index (χ4v) is 3.50. The maximum Gasteiger partial charge on any atom is 0.225 e. The van der Waals surface area contributed by atoms with Crippen molar-refractivity contribution in [3.63, 3.8) is 0 Å². The van der Waals surface area contributed by atoms with E-state index in [1.54, 1.807) is 12.4 Å². The Morgan fingerprint density at radius 3 is 2.15 bits per heavy atom. The SMILES string of the molecule is Cc1cc(Br)cc(C)c1Nc1cc(-c2ccncc2)nc(NC(C)(C)C)n1. The predicted octanol–water partition coefficient (Wildman–Crippen LogP) is 5.87. The molecule has 0 aliphatic heterocycles. The maximum atomic E-state index is 4.69. The van der Waals surface area contributed by atoms with E-state index in [1.165, 1.54) is 0 Å². The van der Waals surface area contributed by atoms with Crippen molar-refractivity contribution in [3.8, 4) is 11.3 Å². The van der Waals surface area contributed by atoms with E-state index in [1.807, 2.05) is 18.2 Å². The second kappa shape index (κ2) is 7.64. The molecule has 0 fully saturated rings. The van der Waals surface area contributed by atoms with E-state index in [0.717, 1.165) is 38.4 Å². The zero-order valence-corrected chi connectivity index (χ0v) is 17.8. The first-order valence-electron chi connectivity index (χ1n) is 8.83. The van der Waals surface area contributed by atoms with E-state index in [4.69, 9.17) is 4.98 Å². The summed E-state index contributed by atoms with van der Waals surface area (Å²) < 4.78 is 1.07. The van der Waals surface area contributed by atoms with Crippen LogP contribution in [0.2, 0.25) is 0 Å². The number of aromatic nitrogens is 3. The van der Waals surface area contributed by atoms with Crippen molar-refractivity contribution in [2.45, 2.75) is 40.2 Å². The van der Waals surface area contributed by atoms with Gasteiger partial charge in [-0.3, -0.25) is 4.98 Å². The molecule has 0 saturated heterocycles. The lowest BCUT2D eigenvalue weighted by atomic mass is 10.1. The van der Waals surface area contributed by atoms with Gasteiger partial charge in [-0.25, -0.2) is 4.98 Å². The molecule has 5 nitrogen and oxygen atoms in total. The van der Waals surface area contributed by atoms with Gasteiger partial charge in [0.2, 0.25) is 5.95 Å². The van der Waals surface area contributed by atoms with Crippen LogP contribution in [0.3, 0.4) is 0 Å². The summed E-state index contributed by atoms with van der Waals surface area (Å²) in [6.07, 6.45) is 3.54. The molecule has 140 valence electrons. The van der Waals surface area contributed by atoms with Crippen LogP contribution in [0.5, 0.6) is 0 Å². The van der Waals surface area contributed by atoms with Gasteiger partial charge in [0.25, 0.3) is 0 Å². The molecule has 3 aromatic rings. The molecule has 0 aliphatic carbocycles. The van der Waals surface area contributed by atoms with Crippen LogP contribution in [0, 0.1) is 13.8 Å². The zero-order valence-electron chi connectivity index (χ0n) is 16.3. The molecule has 0 radical (unpaired) electrons. The number of pyridine rings is 1. The van der Waals surface area contributed by atoms with E-state index in [0.29, 0.717) is 5.95 Å². The first-order valence-corrected chi connectivity index (χ1v) is 9.62. The molecule has 3 rings (SSSR count). The van der Waals surface area contributed by atoms with Gasteiger partial charge in [-0.15, -0.1) is 0 Å². The first kappa shape index (κ1) is 19.3. The number of nitrogens with one attached hydrogen (secondary N) is 2. The van der Waals surface area contributed by atoms with Crippen molar-refractivity contribution in [1.82, 2.24) is 15.0 Å². The number of hydrogen-bond acceptors (Lipinski definition) is 5. The van der Waals surface area contributed by atoms with Gasteiger partial charge in [-0.1, -0.05) is 15.9 Å². The monoisotopic (exact) mass is 425 g/mol. The zero-order chi connectivity index (χ0) is 19.6. The largest absolute Gasteiger partial charge is 0.350 e. The van der Waals surface area contributed by atoms with Crippen molar-refractivity contribution >= 4 is 33.4 Å². The number of halogens is 1. The summed E-state index contributed by atoms with van der Waals surface area (Å²) in [6.45, 7) is 10.4. The highest BCUT2D eigenvalue weighted by atomic mass is 79.9. The third-order valence-electron chi connectivity index (χ3n) is 3.94. The Morgan fingerprint density at radius 2 is 1.56 bits per heavy atom. The second-order valence-electron chi connectivity index (χ2n) is 7.61. The molecule has 2 N–H and O–H groups in total. The van der Waals surface area contributed by atoms with E-state index < -0.39 is 0 Å². The van der Waals surface area contributed by atoms with E-state index in [9.17, 15) is 0 Å². The van der Waals surface area contributed by atoms with Gasteiger partial charge in [-0.2, -0.15) is 4.98 Å². The molecule has 1 aromatic carbocycles. The Bertz CT molecular complexity index is 926. The molecule has 0 atom stereocenters. The van der Waals surface area contributed by atoms with Crippen molar-refractivity contribution in [2.75, 3.05) is 10.6 Å². The van der Waals surface area contributed by atoms with Gasteiger partial charge in [-0.05, 0) is 70.0 Å². The third-order valence-corrected chi connectivity index (χ3v) is 4.40. The number of benzene rings is 1. The summed E-state index contributed by atoms with van der Waals surface area (Å²) in [7, 11) is 0. The number of anilines is 3. The molecule has 2 aromatic heterocycles. The van der Waals surface area contributed by atoms with Gasteiger partial charge in [0.05, 0.1) is 5.69 Å². The highest BCUT2D eigenvalue weighted by Gasteiger charge is 2.15. The summed E-state index contributed by atoms with van der Waals surface area (Å²) in [5.74, 6) is 1.34. The van der Waals surface area contributed by atoms with Gasteiger partial charge >= 0.3 is 0 Å². The standard InChI is InChI=1S/C21H24BrN5/c1-13-10-16(22)11-14(2)19(13)25-18-12-17(15-6-8-23-9-7-15)24-20(26-18)27-21(3,4)5/h6-12H,1-5H3,(H2,24,25,26,27). The first-order chi connectivity index (χ1) is 12.7. The molecule has 27 heavy (non-hydrogen) atoms. The molecule has 0 spiro atoms. The van der Waals surface area contributed by atoms with Crippen LogP contribution < -0.4 is 10.6 Å². The average Bonchev–Trinajstić information content (AvgIpc) is 2.57. The lowest BCUT2D eigenvalue weighted by Gasteiger charge is -2.22. The van der Waals surface area contributed by atoms with Crippen LogP contribution in [0.15, 0.2) is 47.2 Å². The fraction of sp³-hybridized carbons (Fsp3) is 0.286. The van der Waals surface area contributed by atoms with Crippen molar-refractivity contribution in [1.29, 1.82) is 0 Å². The summed E-state index contributed by atoms with van der Waals surface area (Å²) in [4.78, 5) is 13.5. The molecule has 2 heterocycles. The minimum absolute atomic E-state index is 0.141. The Kier molecular flexibility index (Phi) is 5.46. The molecule has 0 saturated carbocycles. The number of hydrogen-bond donors (Lipinski definition) is 2. The lowest BCUT2D eigenvalue weighted by Crippen LogP contribution is -2.27. The minimum atomic E-state index is -0.141. The van der Waals surface area contributed by atoms with Crippen molar-refractivity contribution in [2.24, 2.45) is 0 Å². The van der Waals surface area contributed by atoms with Crippen LogP contribution >= 0.6 is 15.9 Å². The number of aryl methyl sites for hydroxylation is 2. The number of rotatable bonds is 4. The topological polar surface area (TPSA) is 62.7 Å². The van der Waals surface area contributed by atoms with Gasteiger partial charge < -0.3 is 10.6 Å². The Balaban J connectivity index is 2.05. The molecule has 0 amide bonds. The molecular formula is C21H24BrN5. The van der Waals surface area contributed by atoms with Crippen molar-refractivity contribution < 1.29 is 0 Å². The van der Waals surface area contributed by atoms with Crippen molar-refractivity contribution in [3.05, 3.63) is 58.3 Å². The molecular weight excluding hydrogens is 402 g/mol. The van der Waals surface area contributed by atoms with Crippen LogP contribution in [-0.2, 0) is 0 Å². The fourth-order valence-electron chi connectivity index (χ4n) is 2.81. The highest BCUT2D eigenvalue weighted by Crippen LogP contribution is 2.29. The Morgan fingerprint density at radius 1 is 0.926 bits per heavy atom. The van der Waals surface area contributed by atoms with Gasteiger partial charge in [0.1, 0.15) is 5.82 Å². The smallest absolute Gasteiger partial charge is 0.225 e. The lowest BCUT2D eigenvalue weighted by molar-refractivity contribution is 0.626. The second-order valence-corrected chi connectivity index (χ2v) is 8.53. The van der Waals surface area contributed by atoms with E-state index in [-0.39, 0.29) is 5.54 Å². The summed E-state index contributed by atoms with van der Waals surface area (Å²) in [5, 5.41) is 6.85. The van der Waals surface area contributed by atoms with Gasteiger partial charge in [0.15, 0.2) is 0 Å². The number of nitrogens with zero attached hydrogens (tertiary/aromatic N) is 3. The predicted molar refractivity (Wildman–Crippen MR) is 116 cm³/mol. The highest BCUT2D eigenvalue weighted by molar-refractivity contribution is 9.10. The van der Waals surface area contributed by atoms with Crippen LogP contribution in [0.4, 0.5) is 17.5 Å². The Hall–Kier alpha value is -2.47. The molecule has 0 unspecified atom stereocenters. The summed E-state index contributed by atoms with van der Waals surface area (Å²) >= 11 is 3.55. The van der Waals surface area contributed by atoms with E-state index >= 15 is 0 Å².